The molecule has 0 saturated heterocycles. The maximum absolute atomic E-state index is 4.21. The molecule has 1 rings (SSSR count). The number of hydrogen-bond donors (Lipinski definition) is 0. The van der Waals surface area contributed by atoms with E-state index in [9.17, 15) is 0 Å². The molecule has 0 N–H and O–H groups in total. The third-order valence-corrected chi connectivity index (χ3v) is 1.58. The molecule has 0 saturated carbocycles. The normalized spacial score (nSPS) is 9.12. The van der Waals surface area contributed by atoms with Gasteiger partial charge in [0, 0.05) is 6.20 Å². The van der Waals surface area contributed by atoms with Crippen molar-refractivity contribution in [3.8, 4) is 0 Å². The second-order valence-electron chi connectivity index (χ2n) is 2.61. The van der Waals surface area contributed by atoms with Gasteiger partial charge in [-0.05, 0) is 25.1 Å². The fourth-order valence-corrected chi connectivity index (χ4v) is 0.895. The number of rotatable bonds is 3. The minimum atomic E-state index is 0.656. The van der Waals surface area contributed by atoms with Crippen LogP contribution in [0.4, 0.5) is 0 Å². The third kappa shape index (κ3) is 8.14. The van der Waals surface area contributed by atoms with Crippen LogP contribution in [-0.4, -0.2) is 10.7 Å². The highest BCUT2D eigenvalue weighted by molar-refractivity contribution is 5.97. The van der Waals surface area contributed by atoms with Gasteiger partial charge in [-0.25, -0.2) is 0 Å². The lowest BCUT2D eigenvalue weighted by atomic mass is 10.2. The topological polar surface area (TPSA) is 25.2 Å². The summed E-state index contributed by atoms with van der Waals surface area (Å²) in [5.74, 6) is 0. The van der Waals surface area contributed by atoms with Crippen molar-refractivity contribution in [3.63, 3.8) is 0 Å². The average Bonchev–Trinajstić information content (AvgIpc) is 2.44. The van der Waals surface area contributed by atoms with E-state index in [0.29, 0.717) is 5.70 Å². The van der Waals surface area contributed by atoms with Crippen LogP contribution in [0.1, 0.15) is 40.3 Å². The third-order valence-electron chi connectivity index (χ3n) is 1.58. The van der Waals surface area contributed by atoms with E-state index in [1.807, 2.05) is 52.8 Å². The SMILES string of the molecule is C=CC(=C)N=C(C)c1ccccn1.CC.CC. The molecule has 0 spiro atoms. The van der Waals surface area contributed by atoms with E-state index >= 15 is 0 Å². The zero-order valence-corrected chi connectivity index (χ0v) is 11.7. The Morgan fingerprint density at radius 1 is 1.24 bits per heavy atom. The van der Waals surface area contributed by atoms with Crippen LogP contribution >= 0.6 is 0 Å². The van der Waals surface area contributed by atoms with Crippen molar-refractivity contribution in [2.75, 3.05) is 0 Å². The Bertz CT molecular complexity index is 337. The monoisotopic (exact) mass is 232 g/mol. The van der Waals surface area contributed by atoms with Gasteiger partial charge in [-0.1, -0.05) is 46.9 Å². The van der Waals surface area contributed by atoms with Gasteiger partial charge in [0.15, 0.2) is 0 Å². The van der Waals surface area contributed by atoms with E-state index in [1.165, 1.54) is 0 Å². The summed E-state index contributed by atoms with van der Waals surface area (Å²) in [5.41, 5.74) is 2.37. The highest BCUT2D eigenvalue weighted by Gasteiger charge is 1.96. The van der Waals surface area contributed by atoms with Gasteiger partial charge in [-0.3, -0.25) is 9.98 Å². The first-order valence-corrected chi connectivity index (χ1v) is 6.02. The molecular weight excluding hydrogens is 208 g/mol. The van der Waals surface area contributed by atoms with Crippen LogP contribution in [0, 0.1) is 0 Å². The first-order valence-electron chi connectivity index (χ1n) is 6.02. The molecule has 0 aliphatic heterocycles. The van der Waals surface area contributed by atoms with Crippen molar-refractivity contribution in [1.29, 1.82) is 0 Å². The Morgan fingerprint density at radius 2 is 1.82 bits per heavy atom. The molecule has 0 aliphatic rings. The molecule has 0 aliphatic carbocycles. The molecule has 17 heavy (non-hydrogen) atoms. The lowest BCUT2D eigenvalue weighted by molar-refractivity contribution is 1.27. The minimum Gasteiger partial charge on any atom is -0.255 e. The lowest BCUT2D eigenvalue weighted by Gasteiger charge is -1.98. The molecule has 0 aromatic carbocycles. The molecule has 0 bridgehead atoms. The number of hydrogen-bond acceptors (Lipinski definition) is 2. The van der Waals surface area contributed by atoms with Gasteiger partial charge < -0.3 is 0 Å². The number of pyridine rings is 1. The molecule has 2 nitrogen and oxygen atoms in total. The summed E-state index contributed by atoms with van der Waals surface area (Å²) < 4.78 is 0. The molecule has 0 atom stereocenters. The molecule has 0 amide bonds. The number of aliphatic imine (C=N–C) groups is 1. The van der Waals surface area contributed by atoms with Crippen molar-refractivity contribution in [2.24, 2.45) is 4.99 Å². The quantitative estimate of drug-likeness (QED) is 0.550. The van der Waals surface area contributed by atoms with Crippen molar-refractivity contribution in [2.45, 2.75) is 34.6 Å². The molecule has 1 aromatic heterocycles. The lowest BCUT2D eigenvalue weighted by Crippen LogP contribution is -1.97. The van der Waals surface area contributed by atoms with Crippen molar-refractivity contribution in [1.82, 2.24) is 4.98 Å². The van der Waals surface area contributed by atoms with E-state index in [4.69, 9.17) is 0 Å². The summed E-state index contributed by atoms with van der Waals surface area (Å²) in [4.78, 5) is 8.37. The summed E-state index contributed by atoms with van der Waals surface area (Å²) in [5, 5.41) is 0. The van der Waals surface area contributed by atoms with Crippen LogP contribution < -0.4 is 0 Å². The van der Waals surface area contributed by atoms with Gasteiger partial charge in [-0.2, -0.15) is 0 Å². The summed E-state index contributed by atoms with van der Waals surface area (Å²) in [6.07, 6.45) is 3.36. The molecule has 1 aromatic rings. The van der Waals surface area contributed by atoms with E-state index in [1.54, 1.807) is 12.3 Å². The summed E-state index contributed by atoms with van der Waals surface area (Å²) in [6, 6.07) is 5.71. The maximum atomic E-state index is 4.21. The highest BCUT2D eigenvalue weighted by Crippen LogP contribution is 2.01. The predicted molar refractivity (Wildman–Crippen MR) is 78.5 cm³/mol. The Labute approximate surface area is 106 Å². The fraction of sp³-hybridized carbons (Fsp3) is 0.333. The van der Waals surface area contributed by atoms with E-state index in [2.05, 4.69) is 23.1 Å². The predicted octanol–water partition coefficient (Wildman–Crippen LogP) is 4.64. The second kappa shape index (κ2) is 12.4. The molecule has 2 heteroatoms. The van der Waals surface area contributed by atoms with Gasteiger partial charge in [0.25, 0.3) is 0 Å². The first-order chi connectivity index (χ1) is 8.24. The smallest absolute Gasteiger partial charge is 0.0841 e. The van der Waals surface area contributed by atoms with Crippen LogP contribution in [0.2, 0.25) is 0 Å². The van der Waals surface area contributed by atoms with E-state index in [-0.39, 0.29) is 0 Å². The van der Waals surface area contributed by atoms with E-state index < -0.39 is 0 Å². The molecule has 94 valence electrons. The van der Waals surface area contributed by atoms with Crippen molar-refractivity contribution >= 4 is 5.71 Å². The standard InChI is InChI=1S/C11H12N2.2C2H6/c1-4-9(2)13-10(3)11-7-5-6-8-12-11;2*1-2/h4-8H,1-2H2,3H3;2*1-2H3. The highest BCUT2D eigenvalue weighted by atomic mass is 14.8. The Kier molecular flexibility index (Phi) is 12.9. The van der Waals surface area contributed by atoms with Crippen LogP contribution in [-0.2, 0) is 0 Å². The Morgan fingerprint density at radius 3 is 2.24 bits per heavy atom. The first kappa shape index (κ1) is 17.7. The zero-order valence-electron chi connectivity index (χ0n) is 11.7. The van der Waals surface area contributed by atoms with Crippen LogP contribution in [0.5, 0.6) is 0 Å². The summed E-state index contributed by atoms with van der Waals surface area (Å²) >= 11 is 0. The fourth-order valence-electron chi connectivity index (χ4n) is 0.895. The molecular formula is C15H24N2. The average molecular weight is 232 g/mol. The molecule has 0 fully saturated rings. The minimum absolute atomic E-state index is 0.656. The van der Waals surface area contributed by atoms with Crippen LogP contribution in [0.25, 0.3) is 0 Å². The largest absolute Gasteiger partial charge is 0.255 e. The van der Waals surface area contributed by atoms with Gasteiger partial charge >= 0.3 is 0 Å². The molecule has 0 radical (unpaired) electrons. The van der Waals surface area contributed by atoms with Gasteiger partial charge in [0.2, 0.25) is 0 Å². The van der Waals surface area contributed by atoms with E-state index in [0.717, 1.165) is 11.4 Å². The van der Waals surface area contributed by atoms with Crippen molar-refractivity contribution < 1.29 is 0 Å². The summed E-state index contributed by atoms with van der Waals surface area (Å²) in [7, 11) is 0. The number of nitrogens with zero attached hydrogens (tertiary/aromatic N) is 2. The second-order valence-corrected chi connectivity index (χ2v) is 2.61. The van der Waals surface area contributed by atoms with Crippen LogP contribution in [0.3, 0.4) is 0 Å². The molecule has 1 heterocycles. The maximum Gasteiger partial charge on any atom is 0.0841 e. The van der Waals surface area contributed by atoms with Crippen LogP contribution in [0.15, 0.2) is 54.3 Å². The Balaban J connectivity index is 0. The van der Waals surface area contributed by atoms with Crippen molar-refractivity contribution in [3.05, 3.63) is 55.0 Å². The van der Waals surface area contributed by atoms with Gasteiger partial charge in [-0.15, -0.1) is 0 Å². The molecule has 0 unspecified atom stereocenters. The summed E-state index contributed by atoms with van der Waals surface area (Å²) in [6.45, 7) is 17.2. The van der Waals surface area contributed by atoms with Gasteiger partial charge in [0.05, 0.1) is 17.1 Å². The number of aromatic nitrogens is 1. The Hall–Kier alpha value is -1.70. The van der Waals surface area contributed by atoms with Gasteiger partial charge in [0.1, 0.15) is 0 Å². The zero-order chi connectivity index (χ0) is 13.7. The number of allylic oxidation sites excluding steroid dienone is 1.